The van der Waals surface area contributed by atoms with Gasteiger partial charge in [-0.25, -0.2) is 4.68 Å². The first-order valence-corrected chi connectivity index (χ1v) is 7.03. The molecule has 1 aromatic heterocycles. The van der Waals surface area contributed by atoms with Gasteiger partial charge in [0.1, 0.15) is 0 Å². The van der Waals surface area contributed by atoms with Gasteiger partial charge >= 0.3 is 5.97 Å². The van der Waals surface area contributed by atoms with Crippen LogP contribution < -0.4 is 0 Å². The molecule has 1 N–H and O–H groups in total. The second-order valence-electron chi connectivity index (χ2n) is 5.10. The topological polar surface area (TPSA) is 80.9 Å². The van der Waals surface area contributed by atoms with E-state index in [1.165, 1.54) is 0 Å². The van der Waals surface area contributed by atoms with Crippen molar-refractivity contribution in [2.75, 3.05) is 0 Å². The molecule has 3 atom stereocenters. The van der Waals surface area contributed by atoms with Gasteiger partial charge < -0.3 is 5.11 Å². The molecule has 1 aromatic rings. The van der Waals surface area contributed by atoms with Crippen LogP contribution in [0.5, 0.6) is 0 Å². The van der Waals surface area contributed by atoms with Crippen LogP contribution >= 0.6 is 0 Å². The molecule has 0 aliphatic carbocycles. The smallest absolute Gasteiger partial charge is 0.308 e. The fourth-order valence-electron chi connectivity index (χ4n) is 2.14. The molecule has 0 radical (unpaired) electrons. The van der Waals surface area contributed by atoms with Crippen LogP contribution in [0.2, 0.25) is 0 Å². The van der Waals surface area contributed by atoms with Crippen LogP contribution in [0.1, 0.15) is 71.2 Å². The highest BCUT2D eigenvalue weighted by Crippen LogP contribution is 2.27. The highest BCUT2D eigenvalue weighted by atomic mass is 16.4. The van der Waals surface area contributed by atoms with Gasteiger partial charge in [0.2, 0.25) is 0 Å². The van der Waals surface area contributed by atoms with E-state index < -0.39 is 11.9 Å². The molecule has 0 amide bonds. The average molecular weight is 268 g/mol. The lowest BCUT2D eigenvalue weighted by Gasteiger charge is -2.20. The number of rotatable bonds is 8. The number of aromatic nitrogens is 4. The van der Waals surface area contributed by atoms with Gasteiger partial charge in [0.15, 0.2) is 5.82 Å². The average Bonchev–Trinajstić information content (AvgIpc) is 2.87. The van der Waals surface area contributed by atoms with Crippen molar-refractivity contribution < 1.29 is 9.90 Å². The van der Waals surface area contributed by atoms with E-state index in [0.29, 0.717) is 5.92 Å². The maximum Gasteiger partial charge on any atom is 0.308 e. The maximum atomic E-state index is 11.1. The molecule has 6 heteroatoms. The van der Waals surface area contributed by atoms with E-state index >= 15 is 0 Å². The predicted octanol–water partition coefficient (Wildman–Crippen LogP) is 2.64. The van der Waals surface area contributed by atoms with E-state index in [1.807, 2.05) is 6.92 Å². The number of unbranched alkanes of at least 4 members (excludes halogenated alkanes) is 1. The Labute approximate surface area is 114 Å². The summed E-state index contributed by atoms with van der Waals surface area (Å²) in [7, 11) is 0. The summed E-state index contributed by atoms with van der Waals surface area (Å²) in [6.07, 6.45) is 4.28. The first-order valence-electron chi connectivity index (χ1n) is 7.03. The summed E-state index contributed by atoms with van der Waals surface area (Å²) < 4.78 is 1.68. The van der Waals surface area contributed by atoms with Crippen molar-refractivity contribution in [2.45, 2.75) is 65.3 Å². The first-order chi connectivity index (χ1) is 9.02. The number of tetrazole rings is 1. The van der Waals surface area contributed by atoms with Gasteiger partial charge in [-0.1, -0.05) is 26.7 Å². The van der Waals surface area contributed by atoms with Crippen LogP contribution in [0.4, 0.5) is 0 Å². The summed E-state index contributed by atoms with van der Waals surface area (Å²) in [4.78, 5) is 11.1. The molecule has 6 nitrogen and oxygen atoms in total. The van der Waals surface area contributed by atoms with Crippen LogP contribution in [0, 0.1) is 5.92 Å². The van der Waals surface area contributed by atoms with Crippen LogP contribution in [0.25, 0.3) is 0 Å². The molecule has 0 fully saturated rings. The summed E-state index contributed by atoms with van der Waals surface area (Å²) >= 11 is 0. The summed E-state index contributed by atoms with van der Waals surface area (Å²) in [5, 5.41) is 20.9. The fourth-order valence-corrected chi connectivity index (χ4v) is 2.14. The molecule has 0 aliphatic rings. The Bertz CT molecular complexity index is 405. The molecule has 0 aliphatic heterocycles. The van der Waals surface area contributed by atoms with Crippen LogP contribution in [0.3, 0.4) is 0 Å². The monoisotopic (exact) mass is 268 g/mol. The summed E-state index contributed by atoms with van der Waals surface area (Å²) in [5.74, 6) is -0.212. The van der Waals surface area contributed by atoms with Crippen LogP contribution in [-0.2, 0) is 4.79 Å². The highest BCUT2D eigenvalue weighted by Gasteiger charge is 2.26. The Morgan fingerprint density at radius 2 is 2.05 bits per heavy atom. The Morgan fingerprint density at radius 1 is 1.37 bits per heavy atom. The van der Waals surface area contributed by atoms with Crippen molar-refractivity contribution in [1.82, 2.24) is 20.2 Å². The van der Waals surface area contributed by atoms with Crippen LogP contribution in [0.15, 0.2) is 0 Å². The number of carboxylic acids is 1. The lowest BCUT2D eigenvalue weighted by molar-refractivity contribution is -0.142. The third kappa shape index (κ3) is 3.75. The fraction of sp³-hybridized carbons (Fsp3) is 0.846. The number of hydrogen-bond donors (Lipinski definition) is 1. The van der Waals surface area contributed by atoms with Gasteiger partial charge in [0, 0.05) is 5.92 Å². The molecular weight excluding hydrogens is 244 g/mol. The molecule has 0 saturated carbocycles. The zero-order valence-electron chi connectivity index (χ0n) is 12.2. The van der Waals surface area contributed by atoms with Gasteiger partial charge in [-0.3, -0.25) is 4.79 Å². The number of hydrogen-bond acceptors (Lipinski definition) is 4. The van der Waals surface area contributed by atoms with Crippen molar-refractivity contribution >= 4 is 5.97 Å². The van der Waals surface area contributed by atoms with E-state index in [9.17, 15) is 4.79 Å². The summed E-state index contributed by atoms with van der Waals surface area (Å²) in [6, 6.07) is -0.238. The van der Waals surface area contributed by atoms with E-state index in [4.69, 9.17) is 5.11 Å². The lowest BCUT2D eigenvalue weighted by Crippen LogP contribution is -2.25. The molecule has 19 heavy (non-hydrogen) atoms. The Morgan fingerprint density at radius 3 is 2.58 bits per heavy atom. The van der Waals surface area contributed by atoms with Crippen LogP contribution in [-0.4, -0.2) is 31.3 Å². The minimum atomic E-state index is -0.824. The van der Waals surface area contributed by atoms with Crippen molar-refractivity contribution in [1.29, 1.82) is 0 Å². The zero-order valence-corrected chi connectivity index (χ0v) is 12.2. The molecule has 1 rings (SSSR count). The lowest BCUT2D eigenvalue weighted by atomic mass is 9.97. The van der Waals surface area contributed by atoms with Gasteiger partial charge in [-0.2, -0.15) is 0 Å². The van der Waals surface area contributed by atoms with Crippen molar-refractivity contribution in [3.8, 4) is 0 Å². The zero-order chi connectivity index (χ0) is 14.4. The van der Waals surface area contributed by atoms with E-state index in [2.05, 4.69) is 29.4 Å². The second-order valence-corrected chi connectivity index (χ2v) is 5.10. The number of carbonyl (C=O) groups is 1. The third-order valence-electron chi connectivity index (χ3n) is 3.78. The van der Waals surface area contributed by atoms with E-state index in [-0.39, 0.29) is 6.04 Å². The Hall–Kier alpha value is -1.46. The molecule has 108 valence electrons. The molecule has 0 bridgehead atoms. The Kier molecular flexibility index (Phi) is 5.92. The number of aliphatic carboxylic acids is 1. The third-order valence-corrected chi connectivity index (χ3v) is 3.78. The molecule has 0 aromatic carbocycles. The van der Waals surface area contributed by atoms with E-state index in [1.54, 1.807) is 11.6 Å². The largest absolute Gasteiger partial charge is 0.481 e. The van der Waals surface area contributed by atoms with Gasteiger partial charge in [-0.15, -0.1) is 5.10 Å². The van der Waals surface area contributed by atoms with E-state index in [0.717, 1.165) is 31.5 Å². The molecule has 0 saturated heterocycles. The molecule has 0 spiro atoms. The molecular formula is C13H24N4O2. The quantitative estimate of drug-likeness (QED) is 0.783. The summed E-state index contributed by atoms with van der Waals surface area (Å²) in [5.41, 5.74) is 0. The molecule has 1 heterocycles. The number of carboxylic acid groups (broad SMARTS) is 1. The minimum Gasteiger partial charge on any atom is -0.481 e. The van der Waals surface area contributed by atoms with Crippen molar-refractivity contribution in [3.63, 3.8) is 0 Å². The maximum absolute atomic E-state index is 11.1. The van der Waals surface area contributed by atoms with Gasteiger partial charge in [0.05, 0.1) is 12.0 Å². The van der Waals surface area contributed by atoms with Crippen molar-refractivity contribution in [2.24, 2.45) is 5.92 Å². The SMILES string of the molecule is CCCCC(CC)c1nnnn1C(C)C(C)C(=O)O. The summed E-state index contributed by atoms with van der Waals surface area (Å²) in [6.45, 7) is 7.81. The van der Waals surface area contributed by atoms with Crippen molar-refractivity contribution in [3.05, 3.63) is 5.82 Å². The van der Waals surface area contributed by atoms with Gasteiger partial charge in [-0.05, 0) is 37.1 Å². The number of nitrogens with zero attached hydrogens (tertiary/aromatic N) is 4. The Balaban J connectivity index is 2.92. The normalized spacial score (nSPS) is 16.0. The molecule has 3 unspecified atom stereocenters. The second kappa shape index (κ2) is 7.21. The minimum absolute atomic E-state index is 0.238. The standard InChI is InChI=1S/C13H24N4O2/c1-5-7-8-11(6-2)12-14-15-16-17(12)10(4)9(3)13(18)19/h9-11H,5-8H2,1-4H3,(H,18,19). The van der Waals surface area contributed by atoms with Gasteiger partial charge in [0.25, 0.3) is 0 Å². The highest BCUT2D eigenvalue weighted by molar-refractivity contribution is 5.70. The predicted molar refractivity (Wildman–Crippen MR) is 71.9 cm³/mol. The first kappa shape index (κ1) is 15.6.